The number of aromatic nitrogens is 6. The van der Waals surface area contributed by atoms with Gasteiger partial charge in [0.15, 0.2) is 5.65 Å². The highest BCUT2D eigenvalue weighted by atomic mass is 32.1. The number of rotatable bonds is 5. The molecule has 1 aliphatic rings. The Morgan fingerprint density at radius 1 is 0.861 bits per heavy atom. The number of pyridine rings is 3. The molecule has 0 bridgehead atoms. The van der Waals surface area contributed by atoms with Gasteiger partial charge in [-0.05, 0) is 72.1 Å². The summed E-state index contributed by atoms with van der Waals surface area (Å²) in [6.45, 7) is 3.29. The van der Waals surface area contributed by atoms with Crippen LogP contribution in [0.3, 0.4) is 0 Å². The molecule has 0 saturated carbocycles. The lowest BCUT2D eigenvalue weighted by atomic mass is 10.0. The van der Waals surface area contributed by atoms with Crippen molar-refractivity contribution in [3.63, 3.8) is 0 Å². The third kappa shape index (κ3) is 3.88. The van der Waals surface area contributed by atoms with E-state index in [1.165, 1.54) is 43.5 Å². The Hall–Kier alpha value is -3.88. The number of nitrogens with zero attached hydrogens (tertiary/aromatic N) is 5. The normalized spacial score (nSPS) is 14.7. The Morgan fingerprint density at radius 2 is 1.75 bits per heavy atom. The minimum absolute atomic E-state index is 0.695. The van der Waals surface area contributed by atoms with E-state index in [2.05, 4.69) is 70.1 Å². The lowest BCUT2D eigenvalue weighted by molar-refractivity contribution is 0.220. The zero-order chi connectivity index (χ0) is 23.9. The van der Waals surface area contributed by atoms with Gasteiger partial charge in [0.25, 0.3) is 0 Å². The van der Waals surface area contributed by atoms with Gasteiger partial charge in [-0.2, -0.15) is 16.4 Å². The van der Waals surface area contributed by atoms with Crippen molar-refractivity contribution in [3.8, 4) is 33.6 Å². The number of piperidine rings is 1. The third-order valence-corrected chi connectivity index (χ3v) is 7.72. The molecule has 6 aromatic heterocycles. The van der Waals surface area contributed by atoms with Crippen LogP contribution in [-0.4, -0.2) is 48.1 Å². The second-order valence-corrected chi connectivity index (χ2v) is 10.2. The van der Waals surface area contributed by atoms with Gasteiger partial charge in [-0.3, -0.25) is 20.0 Å². The molecule has 0 aliphatic carbocycles. The van der Waals surface area contributed by atoms with Crippen molar-refractivity contribution in [1.82, 2.24) is 35.0 Å². The molecule has 7 nitrogen and oxygen atoms in total. The maximum absolute atomic E-state index is 4.66. The smallest absolute Gasteiger partial charge is 0.181 e. The van der Waals surface area contributed by atoms with Crippen LogP contribution in [0.2, 0.25) is 0 Å². The molecule has 7 heterocycles. The Labute approximate surface area is 212 Å². The first kappa shape index (κ1) is 21.4. The van der Waals surface area contributed by atoms with Crippen LogP contribution < -0.4 is 0 Å². The number of fused-ring (bicyclic) bond motifs is 2. The summed E-state index contributed by atoms with van der Waals surface area (Å²) >= 11 is 1.69. The molecule has 1 aliphatic heterocycles. The summed E-state index contributed by atoms with van der Waals surface area (Å²) in [7, 11) is 0. The van der Waals surface area contributed by atoms with E-state index in [1.54, 1.807) is 11.3 Å². The number of hydrogen-bond acceptors (Lipinski definition) is 6. The molecule has 0 atom stereocenters. The SMILES string of the molecule is c1cc(-c2cncc3[nH]c(-c4[nH]nc5ncc(-c6cncc(CN7CCCCC7)c6)cc45)cc23)cs1. The minimum atomic E-state index is 0.695. The maximum Gasteiger partial charge on any atom is 0.181 e. The minimum Gasteiger partial charge on any atom is -0.352 e. The zero-order valence-corrected chi connectivity index (χ0v) is 20.6. The van der Waals surface area contributed by atoms with Crippen molar-refractivity contribution in [3.05, 3.63) is 71.6 Å². The zero-order valence-electron chi connectivity index (χ0n) is 19.7. The van der Waals surface area contributed by atoms with Gasteiger partial charge in [-0.25, -0.2) is 4.98 Å². The Morgan fingerprint density at radius 3 is 2.64 bits per heavy atom. The highest BCUT2D eigenvalue weighted by molar-refractivity contribution is 7.08. The molecule has 6 aromatic rings. The van der Waals surface area contributed by atoms with Crippen LogP contribution in [0.15, 0.2) is 66.0 Å². The molecule has 1 saturated heterocycles. The van der Waals surface area contributed by atoms with Crippen LogP contribution in [0, 0.1) is 0 Å². The van der Waals surface area contributed by atoms with Crippen molar-refractivity contribution in [2.45, 2.75) is 25.8 Å². The summed E-state index contributed by atoms with van der Waals surface area (Å²) in [5.41, 5.74) is 9.23. The monoisotopic (exact) mass is 491 g/mol. The van der Waals surface area contributed by atoms with Gasteiger partial charge in [0.2, 0.25) is 0 Å². The number of H-pyrrole nitrogens is 2. The summed E-state index contributed by atoms with van der Waals surface area (Å²) < 4.78 is 0. The summed E-state index contributed by atoms with van der Waals surface area (Å²) in [4.78, 5) is 19.7. The highest BCUT2D eigenvalue weighted by Crippen LogP contribution is 2.35. The Kier molecular flexibility index (Phi) is 5.33. The summed E-state index contributed by atoms with van der Waals surface area (Å²) in [5.74, 6) is 0. The van der Waals surface area contributed by atoms with E-state index >= 15 is 0 Å². The highest BCUT2D eigenvalue weighted by Gasteiger charge is 2.16. The number of nitrogens with one attached hydrogen (secondary N) is 2. The number of aromatic amines is 2. The summed E-state index contributed by atoms with van der Waals surface area (Å²) in [6, 6.07) is 8.70. The Bertz CT molecular complexity index is 1660. The topological polar surface area (TPSA) is 86.4 Å². The van der Waals surface area contributed by atoms with E-state index in [1.807, 2.05) is 31.0 Å². The van der Waals surface area contributed by atoms with Gasteiger partial charge in [0.05, 0.1) is 23.1 Å². The first-order valence-corrected chi connectivity index (χ1v) is 13.3. The molecule has 8 heteroatoms. The van der Waals surface area contributed by atoms with E-state index in [0.29, 0.717) is 5.65 Å². The fourth-order valence-corrected chi connectivity index (χ4v) is 5.86. The maximum atomic E-state index is 4.66. The molecule has 0 amide bonds. The van der Waals surface area contributed by atoms with Gasteiger partial charge in [0, 0.05) is 58.8 Å². The molecule has 36 heavy (non-hydrogen) atoms. The molecular weight excluding hydrogens is 466 g/mol. The van der Waals surface area contributed by atoms with Gasteiger partial charge < -0.3 is 4.98 Å². The molecule has 0 aromatic carbocycles. The van der Waals surface area contributed by atoms with Crippen LogP contribution in [0.1, 0.15) is 24.8 Å². The van der Waals surface area contributed by atoms with Crippen molar-refractivity contribution in [1.29, 1.82) is 0 Å². The molecule has 0 spiro atoms. The Balaban J connectivity index is 1.26. The van der Waals surface area contributed by atoms with Crippen LogP contribution in [-0.2, 0) is 6.54 Å². The molecule has 0 unspecified atom stereocenters. The van der Waals surface area contributed by atoms with Crippen molar-refractivity contribution < 1.29 is 0 Å². The van der Waals surface area contributed by atoms with Crippen LogP contribution >= 0.6 is 11.3 Å². The number of thiophene rings is 1. The van der Waals surface area contributed by atoms with Crippen molar-refractivity contribution >= 4 is 33.3 Å². The average molecular weight is 492 g/mol. The quantitative estimate of drug-likeness (QED) is 0.296. The fraction of sp³-hybridized carbons (Fsp3) is 0.214. The van der Waals surface area contributed by atoms with Gasteiger partial charge in [-0.15, -0.1) is 0 Å². The van der Waals surface area contributed by atoms with Crippen LogP contribution in [0.5, 0.6) is 0 Å². The van der Waals surface area contributed by atoms with Crippen LogP contribution in [0.25, 0.3) is 55.6 Å². The first-order chi connectivity index (χ1) is 17.8. The fourth-order valence-electron chi connectivity index (χ4n) is 5.20. The lowest BCUT2D eigenvalue weighted by Crippen LogP contribution is -2.29. The molecule has 178 valence electrons. The van der Waals surface area contributed by atoms with E-state index in [0.717, 1.165) is 50.9 Å². The predicted molar refractivity (Wildman–Crippen MR) is 145 cm³/mol. The van der Waals surface area contributed by atoms with E-state index in [4.69, 9.17) is 0 Å². The van der Waals surface area contributed by atoms with Gasteiger partial charge in [-0.1, -0.05) is 6.42 Å². The third-order valence-electron chi connectivity index (χ3n) is 7.04. The average Bonchev–Trinajstić information content (AvgIpc) is 3.68. The number of hydrogen-bond donors (Lipinski definition) is 2. The second-order valence-electron chi connectivity index (χ2n) is 9.46. The van der Waals surface area contributed by atoms with Gasteiger partial charge in [0.1, 0.15) is 0 Å². The van der Waals surface area contributed by atoms with Crippen LogP contribution in [0.4, 0.5) is 0 Å². The molecule has 0 radical (unpaired) electrons. The number of likely N-dealkylation sites (tertiary alicyclic amines) is 1. The molecule has 7 rings (SSSR count). The molecular formula is C28H25N7S. The van der Waals surface area contributed by atoms with E-state index in [-0.39, 0.29) is 0 Å². The van der Waals surface area contributed by atoms with E-state index < -0.39 is 0 Å². The van der Waals surface area contributed by atoms with Gasteiger partial charge >= 0.3 is 0 Å². The molecule has 1 fully saturated rings. The second kappa shape index (κ2) is 8.96. The summed E-state index contributed by atoms with van der Waals surface area (Å²) in [6.07, 6.45) is 13.5. The standard InChI is InChI=1S/C28H25N7S/c1-2-5-35(6-3-1)16-18-8-20(12-29-11-18)21-9-23-27(33-34-28(23)31-13-21)25-10-22-24(19-4-7-36-17-19)14-30-15-26(22)32-25/h4,7-15,17,32H,1-3,5-6,16H2,(H,31,33,34). The van der Waals surface area contributed by atoms with E-state index in [9.17, 15) is 0 Å². The predicted octanol–water partition coefficient (Wildman–Crippen LogP) is 6.28. The molecule has 2 N–H and O–H groups in total. The summed E-state index contributed by atoms with van der Waals surface area (Å²) in [5, 5.41) is 14.0. The first-order valence-electron chi connectivity index (χ1n) is 12.3. The lowest BCUT2D eigenvalue weighted by Gasteiger charge is -2.26. The van der Waals surface area contributed by atoms with Crippen molar-refractivity contribution in [2.75, 3.05) is 13.1 Å². The largest absolute Gasteiger partial charge is 0.352 e. The van der Waals surface area contributed by atoms with Crippen molar-refractivity contribution in [2.24, 2.45) is 0 Å².